The zero-order valence-corrected chi connectivity index (χ0v) is 18.1. The molecule has 0 radical (unpaired) electrons. The SMILES string of the molecule is CNC(=O)N1N=C(c2ccc(Cl)cc2)c2ccc(-c3c(C)noc3C)cc2CC1C. The summed E-state index contributed by atoms with van der Waals surface area (Å²) in [6, 6.07) is 13.4. The van der Waals surface area contributed by atoms with E-state index in [1.807, 2.05) is 45.0 Å². The lowest BCUT2D eigenvalue weighted by Crippen LogP contribution is -2.41. The number of aromatic nitrogens is 1. The van der Waals surface area contributed by atoms with Crippen molar-refractivity contribution in [2.45, 2.75) is 33.2 Å². The number of benzene rings is 2. The number of fused-ring (bicyclic) bond motifs is 1. The topological polar surface area (TPSA) is 70.7 Å². The van der Waals surface area contributed by atoms with E-state index in [-0.39, 0.29) is 12.1 Å². The van der Waals surface area contributed by atoms with Crippen molar-refractivity contribution in [3.05, 3.63) is 75.6 Å². The molecule has 1 aromatic heterocycles. The first kappa shape index (κ1) is 20.2. The molecule has 4 rings (SSSR count). The van der Waals surface area contributed by atoms with Gasteiger partial charge in [0.15, 0.2) is 0 Å². The highest BCUT2D eigenvalue weighted by Crippen LogP contribution is 2.32. The lowest BCUT2D eigenvalue weighted by atomic mass is 9.91. The van der Waals surface area contributed by atoms with Crippen molar-refractivity contribution >= 4 is 23.3 Å². The molecule has 1 aliphatic heterocycles. The van der Waals surface area contributed by atoms with E-state index in [1.165, 1.54) is 5.01 Å². The minimum Gasteiger partial charge on any atom is -0.361 e. The van der Waals surface area contributed by atoms with Crippen molar-refractivity contribution in [3.63, 3.8) is 0 Å². The fourth-order valence-corrected chi connectivity index (χ4v) is 4.02. The monoisotopic (exact) mass is 422 g/mol. The molecule has 30 heavy (non-hydrogen) atoms. The maximum Gasteiger partial charge on any atom is 0.337 e. The van der Waals surface area contributed by atoms with Gasteiger partial charge in [0.25, 0.3) is 0 Å². The summed E-state index contributed by atoms with van der Waals surface area (Å²) in [7, 11) is 1.61. The second-order valence-corrected chi connectivity index (χ2v) is 7.92. The number of rotatable bonds is 2. The fraction of sp³-hybridized carbons (Fsp3) is 0.261. The van der Waals surface area contributed by atoms with Crippen LogP contribution in [0.1, 0.15) is 35.1 Å². The van der Waals surface area contributed by atoms with Gasteiger partial charge in [0, 0.05) is 28.8 Å². The fourth-order valence-electron chi connectivity index (χ4n) is 3.89. The summed E-state index contributed by atoms with van der Waals surface area (Å²) < 4.78 is 5.36. The van der Waals surface area contributed by atoms with Crippen LogP contribution in [-0.2, 0) is 6.42 Å². The number of amides is 2. The average molecular weight is 423 g/mol. The second-order valence-electron chi connectivity index (χ2n) is 7.48. The molecule has 3 aromatic rings. The van der Waals surface area contributed by atoms with Crippen LogP contribution in [0.25, 0.3) is 11.1 Å². The first-order valence-electron chi connectivity index (χ1n) is 9.81. The smallest absolute Gasteiger partial charge is 0.337 e. The van der Waals surface area contributed by atoms with E-state index < -0.39 is 0 Å². The van der Waals surface area contributed by atoms with Crippen LogP contribution in [0.3, 0.4) is 0 Å². The third kappa shape index (κ3) is 3.59. The van der Waals surface area contributed by atoms with Gasteiger partial charge in [0.1, 0.15) is 5.76 Å². The molecule has 2 amide bonds. The van der Waals surface area contributed by atoms with Gasteiger partial charge < -0.3 is 9.84 Å². The predicted octanol–water partition coefficient (Wildman–Crippen LogP) is 4.95. The molecular weight excluding hydrogens is 400 g/mol. The lowest BCUT2D eigenvalue weighted by molar-refractivity contribution is 0.184. The van der Waals surface area contributed by atoms with Gasteiger partial charge in [-0.25, -0.2) is 9.80 Å². The molecule has 7 heteroatoms. The predicted molar refractivity (Wildman–Crippen MR) is 118 cm³/mol. The van der Waals surface area contributed by atoms with Crippen LogP contribution in [-0.4, -0.2) is 35.0 Å². The van der Waals surface area contributed by atoms with Gasteiger partial charge in [-0.1, -0.05) is 47.1 Å². The molecule has 0 bridgehead atoms. The number of carbonyl (C=O) groups excluding carboxylic acids is 1. The molecule has 0 saturated carbocycles. The Morgan fingerprint density at radius 1 is 1.17 bits per heavy atom. The molecular formula is C23H23ClN4O2. The zero-order chi connectivity index (χ0) is 21.4. The lowest BCUT2D eigenvalue weighted by Gasteiger charge is -2.22. The third-order valence-corrected chi connectivity index (χ3v) is 5.61. The number of nitrogens with one attached hydrogen (secondary N) is 1. The molecule has 0 aliphatic carbocycles. The highest BCUT2D eigenvalue weighted by molar-refractivity contribution is 6.30. The van der Waals surface area contributed by atoms with Gasteiger partial charge in [-0.2, -0.15) is 5.10 Å². The molecule has 1 atom stereocenters. The van der Waals surface area contributed by atoms with Crippen LogP contribution < -0.4 is 5.32 Å². The normalized spacial score (nSPS) is 16.0. The van der Waals surface area contributed by atoms with Crippen LogP contribution in [0.2, 0.25) is 5.02 Å². The molecule has 2 aromatic carbocycles. The Morgan fingerprint density at radius 3 is 2.50 bits per heavy atom. The minimum atomic E-state index is -0.243. The van der Waals surface area contributed by atoms with Gasteiger partial charge >= 0.3 is 6.03 Å². The number of nitrogens with zero attached hydrogens (tertiary/aromatic N) is 3. The zero-order valence-electron chi connectivity index (χ0n) is 17.4. The number of halogens is 1. The molecule has 2 heterocycles. The summed E-state index contributed by atoms with van der Waals surface area (Å²) in [6.45, 7) is 5.85. The highest BCUT2D eigenvalue weighted by Gasteiger charge is 2.27. The number of aryl methyl sites for hydroxylation is 2. The number of hydrogen-bond donors (Lipinski definition) is 1. The van der Waals surface area contributed by atoms with Crippen LogP contribution >= 0.6 is 11.6 Å². The standard InChI is InChI=1S/C23H23ClN4O2/c1-13-11-18-12-17(21-14(2)27-30-15(21)3)7-10-20(18)22(26-28(13)23(29)25-4)16-5-8-19(24)9-6-16/h5-10,12-13H,11H2,1-4H3,(H,25,29). The summed E-state index contributed by atoms with van der Waals surface area (Å²) in [4.78, 5) is 12.5. The molecule has 1 unspecified atom stereocenters. The molecule has 154 valence electrons. The van der Waals surface area contributed by atoms with Crippen molar-refractivity contribution in [1.82, 2.24) is 15.5 Å². The Kier molecular flexibility index (Phi) is 5.35. The number of carbonyl (C=O) groups is 1. The van der Waals surface area contributed by atoms with Crippen LogP contribution in [0.15, 0.2) is 52.1 Å². The van der Waals surface area contributed by atoms with Gasteiger partial charge in [0.2, 0.25) is 0 Å². The Morgan fingerprint density at radius 2 is 1.87 bits per heavy atom. The van der Waals surface area contributed by atoms with Gasteiger partial charge in [-0.05, 0) is 50.5 Å². The summed E-state index contributed by atoms with van der Waals surface area (Å²) in [5, 5.41) is 13.7. The summed E-state index contributed by atoms with van der Waals surface area (Å²) >= 11 is 6.09. The van der Waals surface area contributed by atoms with E-state index >= 15 is 0 Å². The summed E-state index contributed by atoms with van der Waals surface area (Å²) in [5.41, 5.74) is 6.64. The van der Waals surface area contributed by atoms with E-state index in [9.17, 15) is 4.79 Å². The van der Waals surface area contributed by atoms with E-state index in [4.69, 9.17) is 21.2 Å². The molecule has 0 saturated heterocycles. The maximum absolute atomic E-state index is 12.5. The Bertz CT molecular complexity index is 1120. The van der Waals surface area contributed by atoms with Crippen molar-refractivity contribution < 1.29 is 9.32 Å². The van der Waals surface area contributed by atoms with E-state index in [2.05, 4.69) is 28.7 Å². The van der Waals surface area contributed by atoms with Gasteiger partial charge in [-0.15, -0.1) is 0 Å². The van der Waals surface area contributed by atoms with Crippen LogP contribution in [0, 0.1) is 13.8 Å². The average Bonchev–Trinajstić information content (AvgIpc) is 2.99. The van der Waals surface area contributed by atoms with Crippen molar-refractivity contribution in [3.8, 4) is 11.1 Å². The first-order chi connectivity index (χ1) is 14.4. The third-order valence-electron chi connectivity index (χ3n) is 5.36. The van der Waals surface area contributed by atoms with E-state index in [1.54, 1.807) is 7.05 Å². The Balaban J connectivity index is 1.89. The molecule has 1 N–H and O–H groups in total. The quantitative estimate of drug-likeness (QED) is 0.635. The minimum absolute atomic E-state index is 0.117. The van der Waals surface area contributed by atoms with Crippen molar-refractivity contribution in [1.29, 1.82) is 0 Å². The number of hydrazone groups is 1. The molecule has 6 nitrogen and oxygen atoms in total. The highest BCUT2D eigenvalue weighted by atomic mass is 35.5. The second kappa shape index (κ2) is 7.95. The van der Waals surface area contributed by atoms with Crippen molar-refractivity contribution in [2.75, 3.05) is 7.05 Å². The number of hydrogen-bond acceptors (Lipinski definition) is 4. The van der Waals surface area contributed by atoms with Gasteiger partial charge in [-0.3, -0.25) is 0 Å². The Hall–Kier alpha value is -3.12. The Labute approximate surface area is 180 Å². The molecule has 0 spiro atoms. The van der Waals surface area contributed by atoms with Crippen LogP contribution in [0.4, 0.5) is 4.79 Å². The van der Waals surface area contributed by atoms with E-state index in [0.29, 0.717) is 11.4 Å². The van der Waals surface area contributed by atoms with Crippen LogP contribution in [0.5, 0.6) is 0 Å². The van der Waals surface area contributed by atoms with Crippen molar-refractivity contribution in [2.24, 2.45) is 5.10 Å². The van der Waals surface area contributed by atoms with Gasteiger partial charge in [0.05, 0.1) is 17.4 Å². The summed E-state index contributed by atoms with van der Waals surface area (Å²) in [5.74, 6) is 0.785. The maximum atomic E-state index is 12.5. The van der Waals surface area contributed by atoms with E-state index in [0.717, 1.165) is 45.0 Å². The number of urea groups is 1. The summed E-state index contributed by atoms with van der Waals surface area (Å²) in [6.07, 6.45) is 0.667. The largest absolute Gasteiger partial charge is 0.361 e. The molecule has 0 fully saturated rings. The first-order valence-corrected chi connectivity index (χ1v) is 10.2. The molecule has 1 aliphatic rings.